The van der Waals surface area contributed by atoms with Gasteiger partial charge in [0, 0.05) is 0 Å². The molecule has 110 valence electrons. The van der Waals surface area contributed by atoms with Crippen LogP contribution >= 0.6 is 145 Å². The Morgan fingerprint density at radius 3 is 1.00 bits per heavy atom. The summed E-state index contributed by atoms with van der Waals surface area (Å²) in [7, 11) is 33.4. The van der Waals surface area contributed by atoms with Crippen LogP contribution in [0, 0.1) is 0 Å². The van der Waals surface area contributed by atoms with Gasteiger partial charge in [0.05, 0.1) is 0 Å². The van der Waals surface area contributed by atoms with Crippen molar-refractivity contribution in [2.75, 3.05) is 0 Å². The molecular formula is H17P18-3. The first kappa shape index (κ1) is 25.7. The van der Waals surface area contributed by atoms with Crippen LogP contribution in [0.3, 0.4) is 0 Å². The van der Waals surface area contributed by atoms with Gasteiger partial charge < -0.3 is 33.8 Å². The molecule has 0 saturated carbocycles. The van der Waals surface area contributed by atoms with E-state index >= 15 is 0 Å². The van der Waals surface area contributed by atoms with Gasteiger partial charge in [0.25, 0.3) is 0 Å². The van der Waals surface area contributed by atoms with Crippen molar-refractivity contribution in [1.82, 2.24) is 0 Å². The molecular weight excluding hydrogens is 558 g/mol. The molecule has 0 aromatic carbocycles. The van der Waals surface area contributed by atoms with E-state index in [-0.39, 0.29) is 55.9 Å². The van der Waals surface area contributed by atoms with E-state index in [1.54, 1.807) is 0 Å². The van der Waals surface area contributed by atoms with E-state index in [1.807, 2.05) is 0 Å². The number of hydrogen-bond acceptors (Lipinski definition) is 0. The molecule has 0 bridgehead atoms. The summed E-state index contributed by atoms with van der Waals surface area (Å²) in [5.74, 6) is 0. The number of rotatable bonds is 7. The predicted molar refractivity (Wildman–Crippen MR) is 148 cm³/mol. The van der Waals surface area contributed by atoms with E-state index < -0.39 is 0 Å². The Morgan fingerprint density at radius 2 is 0.833 bits per heavy atom. The van der Waals surface area contributed by atoms with Crippen LogP contribution in [0.4, 0.5) is 0 Å². The lowest BCUT2D eigenvalue weighted by molar-refractivity contribution is 4.52. The summed E-state index contributed by atoms with van der Waals surface area (Å²) in [4.78, 5) is 0. The zero-order valence-corrected chi connectivity index (χ0v) is 27.4. The van der Waals surface area contributed by atoms with Crippen LogP contribution in [0.15, 0.2) is 0 Å². The third-order valence-corrected chi connectivity index (χ3v) is 106. The first-order valence-corrected chi connectivity index (χ1v) is 34.9. The minimum atomic E-state index is -0.199. The Balaban J connectivity index is 5.37. The molecule has 0 N–H and O–H groups in total. The van der Waals surface area contributed by atoms with Crippen LogP contribution in [0.1, 0.15) is 0 Å². The van der Waals surface area contributed by atoms with E-state index in [0.29, 0.717) is 0 Å². The quantitative estimate of drug-likeness (QED) is 0.265. The molecule has 10 unspecified atom stereocenters. The summed E-state index contributed by atoms with van der Waals surface area (Å²) in [5.41, 5.74) is 0. The maximum atomic E-state index is 3.96. The Labute approximate surface area is 144 Å². The van der Waals surface area contributed by atoms with E-state index in [4.69, 9.17) is 0 Å². The lowest BCUT2D eigenvalue weighted by Gasteiger charge is -2.54. The molecule has 0 amide bonds. The summed E-state index contributed by atoms with van der Waals surface area (Å²) in [5, 5.41) is 0. The van der Waals surface area contributed by atoms with Gasteiger partial charge in [0.15, 0.2) is 0 Å². The van der Waals surface area contributed by atoms with E-state index in [0.717, 1.165) is 0 Å². The summed E-state index contributed by atoms with van der Waals surface area (Å²) in [6.07, 6.45) is 0. The molecule has 0 saturated heterocycles. The predicted octanol–water partition coefficient (Wildman–Crippen LogP) is 11.0. The van der Waals surface area contributed by atoms with Crippen molar-refractivity contribution in [3.63, 3.8) is 0 Å². The van der Waals surface area contributed by atoms with E-state index in [1.165, 1.54) is 0 Å². The minimum Gasteiger partial charge on any atom is -0.553 e. The van der Waals surface area contributed by atoms with Crippen LogP contribution in [0.2, 0.25) is 0 Å². The van der Waals surface area contributed by atoms with Crippen molar-refractivity contribution in [2.45, 2.75) is 0 Å². The highest BCUT2D eigenvalue weighted by Gasteiger charge is 2.32. The summed E-state index contributed by atoms with van der Waals surface area (Å²) in [6.45, 7) is -0.148. The normalized spacial score (nSPS) is 18.2. The Kier molecular flexibility index (Phi) is 19.8. The molecule has 10 atom stereocenters. The minimum absolute atomic E-state index is 0.00152. The molecule has 18 heavy (non-hydrogen) atoms. The van der Waals surface area contributed by atoms with Crippen molar-refractivity contribution in [2.24, 2.45) is 0 Å². The molecule has 0 aliphatic heterocycles. The average Bonchev–Trinajstić information content (AvgIpc) is 2.13. The molecule has 0 fully saturated rings. The molecule has 0 nitrogen and oxygen atoms in total. The second-order valence-electron chi connectivity index (χ2n) is 2.60. The summed E-state index contributed by atoms with van der Waals surface area (Å²) in [6, 6.07) is 0. The van der Waals surface area contributed by atoms with Crippen molar-refractivity contribution in [1.29, 1.82) is 0 Å². The molecule has 0 aromatic heterocycles. The average molecular weight is 575 g/mol. The summed E-state index contributed by atoms with van der Waals surface area (Å²) >= 11 is 0. The Bertz CT molecular complexity index is 174. The first-order chi connectivity index (χ1) is 8.11. The van der Waals surface area contributed by atoms with Crippen molar-refractivity contribution in [3.8, 4) is 0 Å². The smallest absolute Gasteiger partial charge is 0.0105 e. The Hall–Kier alpha value is 7.74. The highest BCUT2D eigenvalue weighted by Crippen LogP contribution is 3.28. The molecule has 18 heteroatoms. The second-order valence-corrected chi connectivity index (χ2v) is 70.2. The van der Waals surface area contributed by atoms with Gasteiger partial charge >= 0.3 is 0 Å². The molecule has 0 heterocycles. The fourth-order valence-corrected chi connectivity index (χ4v) is 201. The topological polar surface area (TPSA) is 0 Å². The molecule has 0 spiro atoms. The zero-order chi connectivity index (χ0) is 14.6. The third kappa shape index (κ3) is 9.61. The van der Waals surface area contributed by atoms with Crippen LogP contribution in [0.5, 0.6) is 0 Å². The molecule has 0 aliphatic carbocycles. The van der Waals surface area contributed by atoms with Crippen LogP contribution < -0.4 is 0 Å². The van der Waals surface area contributed by atoms with Gasteiger partial charge in [0.2, 0.25) is 0 Å². The van der Waals surface area contributed by atoms with Gasteiger partial charge in [-0.2, -0.15) is 0 Å². The van der Waals surface area contributed by atoms with Gasteiger partial charge in [-0.05, 0) is 34.9 Å². The van der Waals surface area contributed by atoms with Gasteiger partial charge in [-0.3, -0.25) is 0 Å². The molecule has 0 aliphatic rings. The fourth-order valence-electron chi connectivity index (χ4n) is 0.825. The van der Waals surface area contributed by atoms with Crippen LogP contribution in [0.25, 0.3) is 0 Å². The highest BCUT2D eigenvalue weighted by atomic mass is 33.4. The van der Waals surface area contributed by atoms with Crippen molar-refractivity contribution >= 4 is 145 Å². The Morgan fingerprint density at radius 1 is 0.500 bits per heavy atom. The van der Waals surface area contributed by atoms with Gasteiger partial charge in [-0.25, -0.2) is 6.99 Å². The van der Waals surface area contributed by atoms with Crippen molar-refractivity contribution < 1.29 is 0 Å². The molecule has 0 rings (SSSR count). The third-order valence-electron chi connectivity index (χ3n) is 1.31. The van der Waals surface area contributed by atoms with Crippen molar-refractivity contribution in [3.05, 3.63) is 0 Å². The molecule has 0 radical (unpaired) electrons. The van der Waals surface area contributed by atoms with Gasteiger partial charge in [-0.1, -0.05) is 6.99 Å². The standard InChI is InChI=1S/H17P18/c1-11(2)16(12(3)4)18(15(9)10)17(13(5)6)14(7)8/h1,9-10H,2-8H2/q-3. The first-order valence-electron chi connectivity index (χ1n) is 3.88. The van der Waals surface area contributed by atoms with E-state index in [2.05, 4.69) is 89.3 Å². The van der Waals surface area contributed by atoms with Gasteiger partial charge in [-0.15, -0.1) is 62.5 Å². The maximum absolute atomic E-state index is 3.96. The second kappa shape index (κ2) is 13.8. The zero-order valence-electron chi connectivity index (χ0n) is 9.12. The summed E-state index contributed by atoms with van der Waals surface area (Å²) < 4.78 is 0. The monoisotopic (exact) mass is 575 g/mol. The lowest BCUT2D eigenvalue weighted by atomic mass is 28.6. The van der Waals surface area contributed by atoms with E-state index in [9.17, 15) is 0 Å². The van der Waals surface area contributed by atoms with Gasteiger partial charge in [0.1, 0.15) is 0 Å². The maximum Gasteiger partial charge on any atom is -0.0105 e. The molecule has 0 aromatic rings. The highest BCUT2D eigenvalue weighted by molar-refractivity contribution is 9.33. The fraction of sp³-hybridized carbons (Fsp3) is 0. The van der Waals surface area contributed by atoms with Crippen LogP contribution in [-0.2, 0) is 0 Å². The lowest BCUT2D eigenvalue weighted by Crippen LogP contribution is -1.54. The SMILES string of the molecule is [PH-]P([PH-])P(P(P([PH-])P)P(P)P)P(P(P)P)P(P)P. The largest absolute Gasteiger partial charge is 0.553 e. The van der Waals surface area contributed by atoms with Crippen LogP contribution in [-0.4, -0.2) is 0 Å². The number of hydrogen-bond donors (Lipinski definition) is 0.